The van der Waals surface area contributed by atoms with E-state index in [4.69, 9.17) is 17.2 Å². The van der Waals surface area contributed by atoms with Gasteiger partial charge in [0.15, 0.2) is 5.96 Å². The van der Waals surface area contributed by atoms with Gasteiger partial charge in [0, 0.05) is 66.3 Å². The number of nitrogens with two attached hydrogens (primary N) is 3. The lowest BCUT2D eigenvalue weighted by Gasteiger charge is -2.28. The van der Waals surface area contributed by atoms with Gasteiger partial charge in [-0.1, -0.05) is 102 Å². The minimum absolute atomic E-state index is 0.0471. The molecule has 2 aromatic heterocycles. The van der Waals surface area contributed by atoms with Crippen LogP contribution < -0.4 is 54.4 Å². The van der Waals surface area contributed by atoms with E-state index in [0.717, 1.165) is 69.5 Å². The van der Waals surface area contributed by atoms with Crippen molar-refractivity contribution in [3.63, 3.8) is 0 Å². The van der Waals surface area contributed by atoms with Crippen LogP contribution in [0, 0.1) is 5.92 Å². The Hall–Kier alpha value is -7.61. The molecule has 0 bridgehead atoms. The van der Waals surface area contributed by atoms with Gasteiger partial charge in [-0.3, -0.25) is 43.3 Å². The van der Waals surface area contributed by atoms with Crippen molar-refractivity contribution in [2.75, 3.05) is 18.1 Å². The number of urea groups is 1. The third-order valence-corrected chi connectivity index (χ3v) is 16.2. The number of amides is 10. The Labute approximate surface area is 452 Å². The number of para-hydroxylation sites is 1. The molecule has 3 aliphatic rings. The number of aromatic amines is 2. The van der Waals surface area contributed by atoms with E-state index in [2.05, 4.69) is 57.2 Å². The van der Waals surface area contributed by atoms with Crippen molar-refractivity contribution >= 4 is 91.7 Å². The molecule has 15 N–H and O–H groups in total. The first kappa shape index (κ1) is 57.1. The second kappa shape index (κ2) is 27.4. The third-order valence-electron chi connectivity index (χ3n) is 13.8. The summed E-state index contributed by atoms with van der Waals surface area (Å²) in [4.78, 5) is 143. The molecule has 0 spiro atoms. The number of benzene rings is 2. The zero-order chi connectivity index (χ0) is 55.0. The number of nitrogens with zero attached hydrogens (tertiary/aromatic N) is 3. The monoisotopic (exact) mass is 1100 g/mol. The van der Waals surface area contributed by atoms with E-state index in [1.807, 2.05) is 24.3 Å². The van der Waals surface area contributed by atoms with E-state index in [1.165, 1.54) is 19.4 Å². The van der Waals surface area contributed by atoms with Gasteiger partial charge in [0.05, 0.1) is 6.33 Å². The largest absolute Gasteiger partial charge is 0.370 e. The molecule has 4 heterocycles. The number of guanidine groups is 1. The van der Waals surface area contributed by atoms with Crippen LogP contribution in [0.15, 0.2) is 78.3 Å². The molecule has 7 rings (SSSR count). The van der Waals surface area contributed by atoms with Gasteiger partial charge in [-0.05, 0) is 49.3 Å². The molecule has 2 saturated heterocycles. The van der Waals surface area contributed by atoms with E-state index < -0.39 is 102 Å². The summed E-state index contributed by atoms with van der Waals surface area (Å²) in [6.07, 6.45) is 9.62. The van der Waals surface area contributed by atoms with Crippen LogP contribution in [0.5, 0.6) is 0 Å². The average molecular weight is 1100 g/mol. The third kappa shape index (κ3) is 16.0. The smallest absolute Gasteiger partial charge is 0.325 e. The van der Waals surface area contributed by atoms with Crippen LogP contribution >= 0.6 is 21.6 Å². The zero-order valence-corrected chi connectivity index (χ0v) is 44.2. The molecule has 2 aromatic carbocycles. The SMILES string of the molecule is C[C@H]1NC(=O)[C@@H](N2C(=O)NC(CC3CCCCC3)C2=O)CSSC[C@@H](C(N)=O)NC(=O)[C@H](Cc2c[nH]c3ccccc23)NC(=O)[C@H](CCCN=C(N)N)NC(=O)[C@@H](Cc2ccccc2)NC(=O)[C@H](Cc2cnc[nH]2)NC1=O. The Bertz CT molecular complexity index is 2770. The highest BCUT2D eigenvalue weighted by molar-refractivity contribution is 8.76. The number of hydrogen-bond donors (Lipinski definition) is 12. The van der Waals surface area contributed by atoms with Gasteiger partial charge < -0.3 is 64.4 Å². The summed E-state index contributed by atoms with van der Waals surface area (Å²) in [6.45, 7) is 1.44. The molecule has 26 heteroatoms. The van der Waals surface area contributed by atoms with Crippen LogP contribution in [-0.2, 0) is 57.6 Å². The number of fused-ring (bicyclic) bond motifs is 1. The van der Waals surface area contributed by atoms with Crippen molar-refractivity contribution in [1.82, 2.24) is 57.1 Å². The van der Waals surface area contributed by atoms with Crippen molar-refractivity contribution in [2.24, 2.45) is 28.1 Å². The molecule has 10 amide bonds. The minimum Gasteiger partial charge on any atom is -0.370 e. The molecule has 77 heavy (non-hydrogen) atoms. The number of nitrogens with one attached hydrogen (secondary N) is 9. The van der Waals surface area contributed by atoms with E-state index in [0.29, 0.717) is 23.2 Å². The normalized spacial score (nSPS) is 25.1. The Morgan fingerprint density at radius 1 is 0.675 bits per heavy atom. The van der Waals surface area contributed by atoms with E-state index in [1.54, 1.807) is 36.5 Å². The number of imidazole rings is 1. The van der Waals surface area contributed by atoms with Crippen LogP contribution in [0.25, 0.3) is 10.9 Å². The maximum atomic E-state index is 14.7. The number of rotatable bonds is 14. The first-order chi connectivity index (χ1) is 37.0. The Morgan fingerprint density at radius 2 is 1.31 bits per heavy atom. The summed E-state index contributed by atoms with van der Waals surface area (Å²) >= 11 is 0. The van der Waals surface area contributed by atoms with Crippen molar-refractivity contribution in [3.05, 3.63) is 90.1 Å². The molecular weight excluding hydrogens is 1030 g/mol. The number of aliphatic imine (C=N–C) groups is 1. The molecule has 1 saturated carbocycles. The zero-order valence-electron chi connectivity index (χ0n) is 42.6. The first-order valence-corrected chi connectivity index (χ1v) is 28.1. The fourth-order valence-electron chi connectivity index (χ4n) is 9.60. The number of imide groups is 1. The maximum absolute atomic E-state index is 14.7. The second-order valence-corrected chi connectivity index (χ2v) is 22.0. The number of primary amides is 1. The predicted molar refractivity (Wildman–Crippen MR) is 290 cm³/mol. The van der Waals surface area contributed by atoms with Gasteiger partial charge in [-0.25, -0.2) is 14.7 Å². The van der Waals surface area contributed by atoms with Crippen molar-refractivity contribution < 1.29 is 43.2 Å². The summed E-state index contributed by atoms with van der Waals surface area (Å²) in [7, 11) is 2.04. The van der Waals surface area contributed by atoms with Gasteiger partial charge in [-0.15, -0.1) is 0 Å². The average Bonchev–Trinajstić information content (AvgIpc) is 4.15. The maximum Gasteiger partial charge on any atom is 0.325 e. The molecule has 1 unspecified atom stereocenters. The Balaban J connectivity index is 1.24. The lowest BCUT2D eigenvalue weighted by Crippen LogP contribution is -2.60. The molecule has 412 valence electrons. The van der Waals surface area contributed by atoms with Crippen molar-refractivity contribution in [3.8, 4) is 0 Å². The number of carbonyl (C=O) groups is 9. The van der Waals surface area contributed by atoms with Gasteiger partial charge in [0.1, 0.15) is 48.3 Å². The minimum atomic E-state index is -1.47. The summed E-state index contributed by atoms with van der Waals surface area (Å²) in [6, 6.07) is 4.74. The summed E-state index contributed by atoms with van der Waals surface area (Å²) < 4.78 is 0. The molecule has 2 aliphatic heterocycles. The molecular formula is C51H67N15O9S2. The fraction of sp³-hybridized carbons (Fsp3) is 0.471. The Morgan fingerprint density at radius 3 is 2.01 bits per heavy atom. The van der Waals surface area contributed by atoms with Crippen LogP contribution in [-0.4, -0.2) is 145 Å². The first-order valence-electron chi connectivity index (χ1n) is 25.7. The van der Waals surface area contributed by atoms with Gasteiger partial charge in [0.25, 0.3) is 5.91 Å². The van der Waals surface area contributed by atoms with Crippen LogP contribution in [0.4, 0.5) is 4.79 Å². The number of aromatic nitrogens is 3. The molecule has 3 fully saturated rings. The van der Waals surface area contributed by atoms with E-state index in [9.17, 15) is 43.2 Å². The van der Waals surface area contributed by atoms with E-state index in [-0.39, 0.29) is 62.0 Å². The lowest BCUT2D eigenvalue weighted by atomic mass is 9.85. The Kier molecular flexibility index (Phi) is 20.3. The van der Waals surface area contributed by atoms with Gasteiger partial charge in [0.2, 0.25) is 41.4 Å². The highest BCUT2D eigenvalue weighted by atomic mass is 33.1. The quantitative estimate of drug-likeness (QED) is 0.0261. The molecule has 24 nitrogen and oxygen atoms in total. The number of hydrogen-bond acceptors (Lipinski definition) is 13. The van der Waals surface area contributed by atoms with Crippen LogP contribution in [0.1, 0.15) is 75.1 Å². The fourth-order valence-corrected chi connectivity index (χ4v) is 12.0. The highest BCUT2D eigenvalue weighted by Crippen LogP contribution is 2.31. The van der Waals surface area contributed by atoms with Gasteiger partial charge in [-0.2, -0.15) is 0 Å². The van der Waals surface area contributed by atoms with Crippen LogP contribution in [0.3, 0.4) is 0 Å². The predicted octanol–water partition coefficient (Wildman–Crippen LogP) is 0.0409. The topological polar surface area (TPSA) is 376 Å². The van der Waals surface area contributed by atoms with Crippen molar-refractivity contribution in [1.29, 1.82) is 0 Å². The second-order valence-electron chi connectivity index (χ2n) is 19.5. The summed E-state index contributed by atoms with van der Waals surface area (Å²) in [5.74, 6) is -6.82. The van der Waals surface area contributed by atoms with Crippen LogP contribution in [0.2, 0.25) is 0 Å². The van der Waals surface area contributed by atoms with Gasteiger partial charge >= 0.3 is 6.03 Å². The summed E-state index contributed by atoms with van der Waals surface area (Å²) in [5, 5.41) is 19.8. The lowest BCUT2D eigenvalue weighted by molar-refractivity contribution is -0.137. The summed E-state index contributed by atoms with van der Waals surface area (Å²) in [5.41, 5.74) is 19.5. The number of H-pyrrole nitrogens is 2. The highest BCUT2D eigenvalue weighted by Gasteiger charge is 2.46. The molecule has 8 atom stereocenters. The molecule has 0 radical (unpaired) electrons. The number of carbonyl (C=O) groups excluding carboxylic acids is 9. The molecule has 1 aliphatic carbocycles. The standard InChI is InChI=1S/C51H67N15O9S2/c1-28-43(68)61-38(22-32-24-55-27-58-32)47(72)62-36(19-29-11-4-2-5-12-29)45(70)60-35(17-10-18-56-50(53)54)44(69)63-37(21-31-23-57-34-16-9-8-15-33(31)34)46(71)64-40(42(52)67)25-76-77-26-41(48(73)59-28)66-49(74)39(65-51(66)75)20-30-13-6-3-7-14-30/h2,4-5,8-9,11-12,15-16,23-24,27-28,30,35-41,57H,3,6-7,10,13-14,17-22,25-26H2,1H3,(H2,52,67)(H,55,58)(H,59,73)(H,60,70)(H,61,68)(H,62,72)(H,63,69)(H,64,71)(H,65,75)(H4,53,54,56)/t28-,35+,36-,37+,38+,39?,40+,41+/m1/s1. The van der Waals surface area contributed by atoms with Crippen molar-refractivity contribution in [2.45, 2.75) is 126 Å². The molecule has 4 aromatic rings. The van der Waals surface area contributed by atoms with E-state index >= 15 is 0 Å².